The van der Waals surface area contributed by atoms with Crippen molar-refractivity contribution in [2.45, 2.75) is 13.1 Å². The molecule has 0 fully saturated rings. The summed E-state index contributed by atoms with van der Waals surface area (Å²) in [4.78, 5) is 31.4. The number of nitrogens with zero attached hydrogens (tertiary/aromatic N) is 4. The van der Waals surface area contributed by atoms with Gasteiger partial charge in [0.25, 0.3) is 5.91 Å². The molecule has 3 N–H and O–H groups in total. The zero-order valence-electron chi connectivity index (χ0n) is 12.2. The Balaban J connectivity index is 1.59. The maximum atomic E-state index is 12.1. The lowest BCUT2D eigenvalue weighted by molar-refractivity contribution is 0.0950. The minimum Gasteiger partial charge on any atom is -0.349 e. The molecule has 0 radical (unpaired) electrons. The third kappa shape index (κ3) is 4.10. The van der Waals surface area contributed by atoms with E-state index in [0.717, 1.165) is 11.4 Å². The molecule has 3 rings (SSSR count). The Bertz CT molecular complexity index is 759. The highest BCUT2D eigenvalue weighted by molar-refractivity contribution is 5.94. The number of rotatable bonds is 6. The first-order valence-electron chi connectivity index (χ1n) is 7.02. The Kier molecular flexibility index (Phi) is 4.53. The summed E-state index contributed by atoms with van der Waals surface area (Å²) in [6.45, 7) is 0.832. The van der Waals surface area contributed by atoms with E-state index >= 15 is 0 Å². The molecular formula is C15H15N7O. The number of nitrogens with one attached hydrogen (secondary N) is 3. The highest BCUT2D eigenvalue weighted by atomic mass is 16.1. The fraction of sp³-hybridized carbons (Fsp3) is 0.133. The van der Waals surface area contributed by atoms with Crippen molar-refractivity contribution in [3.05, 3.63) is 66.3 Å². The molecule has 116 valence electrons. The number of aromatic amines is 1. The number of amides is 1. The first kappa shape index (κ1) is 14.6. The van der Waals surface area contributed by atoms with E-state index in [4.69, 9.17) is 0 Å². The average Bonchev–Trinajstić information content (AvgIpc) is 3.12. The predicted molar refractivity (Wildman–Crippen MR) is 83.4 cm³/mol. The zero-order valence-corrected chi connectivity index (χ0v) is 12.2. The number of H-pyrrole nitrogens is 1. The second kappa shape index (κ2) is 7.12. The van der Waals surface area contributed by atoms with Crippen LogP contribution in [0.3, 0.4) is 0 Å². The van der Waals surface area contributed by atoms with Crippen LogP contribution in [0.4, 0.5) is 5.95 Å². The monoisotopic (exact) mass is 309 g/mol. The quantitative estimate of drug-likeness (QED) is 0.630. The molecule has 0 aliphatic carbocycles. The van der Waals surface area contributed by atoms with Crippen LogP contribution in [0.1, 0.15) is 21.7 Å². The highest BCUT2D eigenvalue weighted by Crippen LogP contribution is 2.05. The van der Waals surface area contributed by atoms with E-state index < -0.39 is 0 Å². The molecule has 3 aromatic heterocycles. The number of imidazole rings is 1. The molecule has 8 nitrogen and oxygen atoms in total. The van der Waals surface area contributed by atoms with Crippen LogP contribution in [0, 0.1) is 0 Å². The summed E-state index contributed by atoms with van der Waals surface area (Å²) in [5.41, 5.74) is 2.12. The number of hydrogen-bond donors (Lipinski definition) is 3. The third-order valence-corrected chi connectivity index (χ3v) is 3.07. The van der Waals surface area contributed by atoms with Gasteiger partial charge in [-0.3, -0.25) is 9.78 Å². The van der Waals surface area contributed by atoms with Gasteiger partial charge in [-0.25, -0.2) is 15.0 Å². The summed E-state index contributed by atoms with van der Waals surface area (Å²) < 4.78 is 0. The third-order valence-electron chi connectivity index (χ3n) is 3.07. The Morgan fingerprint density at radius 1 is 1.13 bits per heavy atom. The van der Waals surface area contributed by atoms with Gasteiger partial charge < -0.3 is 15.6 Å². The van der Waals surface area contributed by atoms with E-state index in [1.165, 1.54) is 0 Å². The molecule has 3 heterocycles. The number of carbonyl (C=O) groups excluding carboxylic acids is 1. The average molecular weight is 309 g/mol. The van der Waals surface area contributed by atoms with Crippen LogP contribution in [-0.4, -0.2) is 30.8 Å². The normalized spacial score (nSPS) is 10.3. The zero-order chi connectivity index (χ0) is 15.9. The van der Waals surface area contributed by atoms with Crippen molar-refractivity contribution in [3.8, 4) is 0 Å². The highest BCUT2D eigenvalue weighted by Gasteiger charge is 2.07. The van der Waals surface area contributed by atoms with E-state index in [2.05, 4.69) is 35.6 Å². The summed E-state index contributed by atoms with van der Waals surface area (Å²) in [7, 11) is 0. The lowest BCUT2D eigenvalue weighted by Gasteiger charge is -2.07. The number of hydrogen-bond acceptors (Lipinski definition) is 6. The van der Waals surface area contributed by atoms with E-state index in [0.29, 0.717) is 24.6 Å². The van der Waals surface area contributed by atoms with E-state index in [1.807, 2.05) is 0 Å². The van der Waals surface area contributed by atoms with E-state index in [9.17, 15) is 4.79 Å². The molecule has 0 aromatic carbocycles. The second-order valence-corrected chi connectivity index (χ2v) is 4.72. The molecule has 23 heavy (non-hydrogen) atoms. The summed E-state index contributed by atoms with van der Waals surface area (Å²) in [5, 5.41) is 5.87. The van der Waals surface area contributed by atoms with Crippen molar-refractivity contribution in [1.82, 2.24) is 30.2 Å². The lowest BCUT2D eigenvalue weighted by Crippen LogP contribution is -2.23. The van der Waals surface area contributed by atoms with Crippen LogP contribution in [0.5, 0.6) is 0 Å². The summed E-state index contributed by atoms with van der Waals surface area (Å²) in [6, 6.07) is 5.15. The first-order chi connectivity index (χ1) is 11.3. The van der Waals surface area contributed by atoms with Crippen LogP contribution in [0.25, 0.3) is 0 Å². The van der Waals surface area contributed by atoms with Crippen LogP contribution in [0.2, 0.25) is 0 Å². The van der Waals surface area contributed by atoms with Gasteiger partial charge in [0.05, 0.1) is 30.8 Å². The number of aromatic nitrogens is 5. The molecule has 0 aliphatic rings. The minimum absolute atomic E-state index is 0.167. The van der Waals surface area contributed by atoms with Crippen LogP contribution in [-0.2, 0) is 13.1 Å². The van der Waals surface area contributed by atoms with Gasteiger partial charge in [0.15, 0.2) is 0 Å². The van der Waals surface area contributed by atoms with Crippen LogP contribution in [0.15, 0.2) is 49.3 Å². The van der Waals surface area contributed by atoms with Crippen molar-refractivity contribution in [2.75, 3.05) is 5.32 Å². The number of pyridine rings is 1. The number of anilines is 1. The molecule has 0 saturated heterocycles. The summed E-state index contributed by atoms with van der Waals surface area (Å²) >= 11 is 0. The molecule has 0 unspecified atom stereocenters. The van der Waals surface area contributed by atoms with E-state index in [1.54, 1.807) is 49.3 Å². The van der Waals surface area contributed by atoms with Gasteiger partial charge in [-0.15, -0.1) is 0 Å². The predicted octanol–water partition coefficient (Wildman–Crippen LogP) is 1.14. The molecule has 0 aliphatic heterocycles. The smallest absolute Gasteiger partial charge is 0.251 e. The minimum atomic E-state index is -0.167. The van der Waals surface area contributed by atoms with Crippen LogP contribution >= 0.6 is 0 Å². The van der Waals surface area contributed by atoms with E-state index in [-0.39, 0.29) is 5.91 Å². The fourth-order valence-electron chi connectivity index (χ4n) is 1.94. The van der Waals surface area contributed by atoms with Gasteiger partial charge in [0.2, 0.25) is 5.95 Å². The topological polar surface area (TPSA) is 108 Å². The Morgan fingerprint density at radius 2 is 2.00 bits per heavy atom. The molecule has 8 heteroatoms. The summed E-state index contributed by atoms with van der Waals surface area (Å²) in [5.74, 6) is 0.350. The first-order valence-corrected chi connectivity index (χ1v) is 7.02. The maximum absolute atomic E-state index is 12.1. The molecular weight excluding hydrogens is 294 g/mol. The molecule has 0 bridgehead atoms. The SMILES string of the molecule is O=C(NCc1cnc[nH]1)c1ccnc(CNc2ncccn2)c1. The van der Waals surface area contributed by atoms with Crippen molar-refractivity contribution >= 4 is 11.9 Å². The van der Waals surface area contributed by atoms with Gasteiger partial charge in [-0.2, -0.15) is 0 Å². The Morgan fingerprint density at radius 3 is 2.78 bits per heavy atom. The van der Waals surface area contributed by atoms with Crippen molar-refractivity contribution in [1.29, 1.82) is 0 Å². The van der Waals surface area contributed by atoms with Crippen molar-refractivity contribution in [2.24, 2.45) is 0 Å². The maximum Gasteiger partial charge on any atom is 0.251 e. The van der Waals surface area contributed by atoms with Gasteiger partial charge in [0, 0.05) is 30.4 Å². The Labute approximate surface area is 132 Å². The standard InChI is InChI=1S/C15H15N7O/c23-14(20-9-13-7-16-10-22-13)11-2-5-17-12(6-11)8-21-15-18-3-1-4-19-15/h1-7,10H,8-9H2,(H,16,22)(H,20,23)(H,18,19,21). The van der Waals surface area contributed by atoms with Gasteiger partial charge >= 0.3 is 0 Å². The molecule has 3 aromatic rings. The van der Waals surface area contributed by atoms with Crippen molar-refractivity contribution < 1.29 is 4.79 Å². The van der Waals surface area contributed by atoms with Crippen molar-refractivity contribution in [3.63, 3.8) is 0 Å². The lowest BCUT2D eigenvalue weighted by atomic mass is 10.2. The largest absolute Gasteiger partial charge is 0.349 e. The van der Waals surface area contributed by atoms with Gasteiger partial charge in [-0.05, 0) is 18.2 Å². The molecule has 1 amide bonds. The molecule has 0 saturated carbocycles. The van der Waals surface area contributed by atoms with Crippen LogP contribution < -0.4 is 10.6 Å². The number of carbonyl (C=O) groups is 1. The summed E-state index contributed by atoms with van der Waals surface area (Å²) in [6.07, 6.45) is 8.16. The molecule has 0 atom stereocenters. The second-order valence-electron chi connectivity index (χ2n) is 4.72. The Hall–Kier alpha value is -3.29. The van der Waals surface area contributed by atoms with Gasteiger partial charge in [-0.1, -0.05) is 0 Å². The van der Waals surface area contributed by atoms with Gasteiger partial charge in [0.1, 0.15) is 0 Å². The molecule has 0 spiro atoms. The fourth-order valence-corrected chi connectivity index (χ4v) is 1.94.